The summed E-state index contributed by atoms with van der Waals surface area (Å²) in [5.41, 5.74) is 0.673. The molecule has 1 aromatic carbocycles. The highest BCUT2D eigenvalue weighted by molar-refractivity contribution is 5.78. The molecule has 3 N–H and O–H groups in total. The van der Waals surface area contributed by atoms with Crippen LogP contribution in [0.4, 0.5) is 4.79 Å². The number of hydrogen-bond donors (Lipinski definition) is 3. The first-order valence-corrected chi connectivity index (χ1v) is 5.38. The summed E-state index contributed by atoms with van der Waals surface area (Å²) >= 11 is 0. The Morgan fingerprint density at radius 3 is 2.44 bits per heavy atom. The number of nitrogens with one attached hydrogen (secondary N) is 1. The summed E-state index contributed by atoms with van der Waals surface area (Å²) in [5, 5.41) is 19.8. The van der Waals surface area contributed by atoms with Gasteiger partial charge in [0.1, 0.15) is 5.75 Å². The van der Waals surface area contributed by atoms with Gasteiger partial charge in [-0.1, -0.05) is 12.1 Å². The Morgan fingerprint density at radius 1 is 1.33 bits per heavy atom. The maximum Gasteiger partial charge on any atom is 0.404 e. The lowest BCUT2D eigenvalue weighted by Gasteiger charge is -2.14. The topological polar surface area (TPSA) is 95.9 Å². The van der Waals surface area contributed by atoms with E-state index in [1.165, 1.54) is 19.2 Å². The summed E-state index contributed by atoms with van der Waals surface area (Å²) in [4.78, 5) is 22.0. The van der Waals surface area contributed by atoms with Gasteiger partial charge in [0.25, 0.3) is 0 Å². The van der Waals surface area contributed by atoms with Crippen molar-refractivity contribution in [2.45, 2.75) is 12.3 Å². The number of phenols is 1. The number of aromatic hydroxyl groups is 1. The Morgan fingerprint density at radius 2 is 1.94 bits per heavy atom. The van der Waals surface area contributed by atoms with Crippen molar-refractivity contribution in [3.63, 3.8) is 0 Å². The second-order valence-corrected chi connectivity index (χ2v) is 3.69. The fourth-order valence-corrected chi connectivity index (χ4v) is 1.59. The van der Waals surface area contributed by atoms with Crippen LogP contribution >= 0.6 is 0 Å². The molecule has 6 nitrogen and oxygen atoms in total. The van der Waals surface area contributed by atoms with E-state index in [2.05, 4.69) is 10.1 Å². The molecule has 1 aromatic rings. The molecule has 0 aromatic heterocycles. The predicted octanol–water partition coefficient (Wildman–Crippen LogP) is 1.31. The van der Waals surface area contributed by atoms with Crippen molar-refractivity contribution < 1.29 is 24.5 Å². The molecule has 0 saturated carbocycles. The smallest absolute Gasteiger partial charge is 0.404 e. The van der Waals surface area contributed by atoms with Crippen molar-refractivity contribution >= 4 is 12.1 Å². The van der Waals surface area contributed by atoms with Gasteiger partial charge in [-0.2, -0.15) is 0 Å². The number of amides is 1. The molecular formula is C12H15NO5. The van der Waals surface area contributed by atoms with Crippen LogP contribution in [0.5, 0.6) is 5.75 Å². The van der Waals surface area contributed by atoms with Gasteiger partial charge in [0, 0.05) is 6.54 Å². The zero-order valence-corrected chi connectivity index (χ0v) is 9.92. The highest BCUT2D eigenvalue weighted by Crippen LogP contribution is 2.22. The Kier molecular flexibility index (Phi) is 4.98. The van der Waals surface area contributed by atoms with Gasteiger partial charge in [-0.05, 0) is 24.1 Å². The van der Waals surface area contributed by atoms with E-state index in [1.54, 1.807) is 12.1 Å². The third-order valence-corrected chi connectivity index (χ3v) is 2.49. The van der Waals surface area contributed by atoms with Crippen LogP contribution in [0.2, 0.25) is 0 Å². The lowest BCUT2D eigenvalue weighted by Crippen LogP contribution is -2.25. The summed E-state index contributed by atoms with van der Waals surface area (Å²) in [6.07, 6.45) is -0.840. The predicted molar refractivity (Wildman–Crippen MR) is 63.5 cm³/mol. The molecule has 18 heavy (non-hydrogen) atoms. The molecule has 1 atom stereocenters. The van der Waals surface area contributed by atoms with E-state index in [1.807, 2.05) is 0 Å². The van der Waals surface area contributed by atoms with E-state index in [0.29, 0.717) is 12.0 Å². The molecule has 0 fully saturated rings. The van der Waals surface area contributed by atoms with Crippen molar-refractivity contribution in [2.75, 3.05) is 13.7 Å². The summed E-state index contributed by atoms with van der Waals surface area (Å²) in [6.45, 7) is 0.149. The molecule has 0 spiro atoms. The molecule has 0 unspecified atom stereocenters. The molecular weight excluding hydrogens is 238 g/mol. The number of phenolic OH excluding ortho intramolecular Hbond substituents is 1. The molecule has 1 amide bonds. The average molecular weight is 253 g/mol. The Hall–Kier alpha value is -2.24. The van der Waals surface area contributed by atoms with Crippen LogP contribution in [0, 0.1) is 0 Å². The van der Waals surface area contributed by atoms with Crippen molar-refractivity contribution in [3.05, 3.63) is 29.8 Å². The fourth-order valence-electron chi connectivity index (χ4n) is 1.59. The van der Waals surface area contributed by atoms with Gasteiger partial charge in [0.2, 0.25) is 0 Å². The fraction of sp³-hybridized carbons (Fsp3) is 0.333. The SMILES string of the molecule is COC(=O)[C@@H](CCNC(=O)O)c1ccc(O)cc1. The Balaban J connectivity index is 2.75. The van der Waals surface area contributed by atoms with Gasteiger partial charge in [-0.3, -0.25) is 4.79 Å². The first-order valence-electron chi connectivity index (χ1n) is 5.38. The van der Waals surface area contributed by atoms with Gasteiger partial charge in [0.15, 0.2) is 0 Å². The number of carbonyl (C=O) groups excluding carboxylic acids is 1. The van der Waals surface area contributed by atoms with E-state index in [9.17, 15) is 14.7 Å². The average Bonchev–Trinajstić information content (AvgIpc) is 2.35. The van der Waals surface area contributed by atoms with Crippen LogP contribution in [-0.4, -0.2) is 35.9 Å². The van der Waals surface area contributed by atoms with E-state index in [4.69, 9.17) is 5.11 Å². The number of ether oxygens (including phenoxy) is 1. The van der Waals surface area contributed by atoms with E-state index < -0.39 is 18.0 Å². The maximum atomic E-state index is 11.6. The van der Waals surface area contributed by atoms with Crippen LogP contribution in [0.25, 0.3) is 0 Å². The van der Waals surface area contributed by atoms with Gasteiger partial charge in [-0.25, -0.2) is 4.79 Å². The second kappa shape index (κ2) is 6.48. The molecule has 0 heterocycles. The Bertz CT molecular complexity index is 415. The van der Waals surface area contributed by atoms with Crippen LogP contribution in [0.1, 0.15) is 17.9 Å². The molecule has 98 valence electrons. The molecule has 6 heteroatoms. The molecule has 0 aliphatic carbocycles. The third-order valence-electron chi connectivity index (χ3n) is 2.49. The first-order chi connectivity index (χ1) is 8.54. The van der Waals surface area contributed by atoms with Crippen molar-refractivity contribution in [1.29, 1.82) is 0 Å². The van der Waals surface area contributed by atoms with Crippen molar-refractivity contribution in [3.8, 4) is 5.75 Å². The monoisotopic (exact) mass is 253 g/mol. The highest BCUT2D eigenvalue weighted by atomic mass is 16.5. The second-order valence-electron chi connectivity index (χ2n) is 3.69. The van der Waals surface area contributed by atoms with Crippen LogP contribution in [0.3, 0.4) is 0 Å². The molecule has 0 saturated heterocycles. The molecule has 0 bridgehead atoms. The number of rotatable bonds is 5. The van der Waals surface area contributed by atoms with Crippen molar-refractivity contribution in [1.82, 2.24) is 5.32 Å². The number of carbonyl (C=O) groups is 2. The normalized spacial score (nSPS) is 11.6. The molecule has 0 aliphatic rings. The minimum Gasteiger partial charge on any atom is -0.508 e. The molecule has 0 aliphatic heterocycles. The van der Waals surface area contributed by atoms with Crippen molar-refractivity contribution in [2.24, 2.45) is 0 Å². The van der Waals surface area contributed by atoms with E-state index in [-0.39, 0.29) is 12.3 Å². The molecule has 1 rings (SSSR count). The van der Waals surface area contributed by atoms with E-state index in [0.717, 1.165) is 0 Å². The van der Waals surface area contributed by atoms with Crippen LogP contribution < -0.4 is 5.32 Å². The number of hydrogen-bond acceptors (Lipinski definition) is 4. The quantitative estimate of drug-likeness (QED) is 0.687. The largest absolute Gasteiger partial charge is 0.508 e. The van der Waals surface area contributed by atoms with Gasteiger partial charge < -0.3 is 20.3 Å². The highest BCUT2D eigenvalue weighted by Gasteiger charge is 2.21. The lowest BCUT2D eigenvalue weighted by molar-refractivity contribution is -0.142. The third kappa shape index (κ3) is 3.97. The summed E-state index contributed by atoms with van der Waals surface area (Å²) in [5.74, 6) is -0.888. The maximum absolute atomic E-state index is 11.6. The van der Waals surface area contributed by atoms with Crippen LogP contribution in [0.15, 0.2) is 24.3 Å². The lowest BCUT2D eigenvalue weighted by atomic mass is 9.96. The minimum absolute atomic E-state index is 0.103. The summed E-state index contributed by atoms with van der Waals surface area (Å²) in [7, 11) is 1.28. The van der Waals surface area contributed by atoms with Gasteiger partial charge in [-0.15, -0.1) is 0 Å². The molecule has 0 radical (unpaired) electrons. The zero-order chi connectivity index (χ0) is 13.5. The number of methoxy groups -OCH3 is 1. The number of esters is 1. The zero-order valence-electron chi connectivity index (χ0n) is 9.92. The number of carboxylic acid groups (broad SMARTS) is 1. The van der Waals surface area contributed by atoms with Gasteiger partial charge >= 0.3 is 12.1 Å². The summed E-state index contributed by atoms with van der Waals surface area (Å²) < 4.78 is 4.68. The van der Waals surface area contributed by atoms with Crippen LogP contribution in [-0.2, 0) is 9.53 Å². The standard InChI is InChI=1S/C12H15NO5/c1-18-11(15)10(6-7-13-12(16)17)8-2-4-9(14)5-3-8/h2-5,10,13-14H,6-7H2,1H3,(H,16,17)/t10-/m0/s1. The Labute approximate surface area is 104 Å². The van der Waals surface area contributed by atoms with Gasteiger partial charge in [0.05, 0.1) is 13.0 Å². The van der Waals surface area contributed by atoms with E-state index >= 15 is 0 Å². The first kappa shape index (κ1) is 13.8. The summed E-state index contributed by atoms with van der Waals surface area (Å²) in [6, 6.07) is 6.15. The minimum atomic E-state index is -1.13. The number of benzene rings is 1.